The smallest absolute Gasteiger partial charge is 0.262 e. The molecule has 0 atom stereocenters. The highest BCUT2D eigenvalue weighted by atomic mass is 32.1. The van der Waals surface area contributed by atoms with Crippen LogP contribution in [0.5, 0.6) is 0 Å². The van der Waals surface area contributed by atoms with E-state index in [1.807, 2.05) is 6.92 Å². The van der Waals surface area contributed by atoms with E-state index >= 15 is 0 Å². The lowest BCUT2D eigenvalue weighted by atomic mass is 9.97. The highest BCUT2D eigenvalue weighted by Crippen LogP contribution is 2.33. The van der Waals surface area contributed by atoms with Gasteiger partial charge in [0.2, 0.25) is 5.91 Å². The Labute approximate surface area is 198 Å². The maximum atomic E-state index is 13.0. The summed E-state index contributed by atoms with van der Waals surface area (Å²) in [5.41, 5.74) is 2.21. The van der Waals surface area contributed by atoms with Gasteiger partial charge in [0.1, 0.15) is 4.83 Å². The van der Waals surface area contributed by atoms with E-state index in [2.05, 4.69) is 32.8 Å². The van der Waals surface area contributed by atoms with Crippen LogP contribution in [0.2, 0.25) is 0 Å². The van der Waals surface area contributed by atoms with Crippen molar-refractivity contribution in [2.75, 3.05) is 6.54 Å². The van der Waals surface area contributed by atoms with Crippen LogP contribution in [-0.2, 0) is 30.6 Å². The molecule has 166 valence electrons. The predicted octanol–water partition coefficient (Wildman–Crippen LogP) is 4.58. The van der Waals surface area contributed by atoms with Gasteiger partial charge in [0.25, 0.3) is 5.56 Å². The quantitative estimate of drug-likeness (QED) is 0.417. The molecular weight excluding hydrogens is 460 g/mol. The lowest BCUT2D eigenvalue weighted by Crippen LogP contribution is -2.29. The van der Waals surface area contributed by atoms with Crippen LogP contribution >= 0.6 is 34.0 Å². The fourth-order valence-electron chi connectivity index (χ4n) is 4.10. The van der Waals surface area contributed by atoms with Gasteiger partial charge in [-0.2, -0.15) is 0 Å². The molecular formula is C23H24N4O2S3. The van der Waals surface area contributed by atoms with Crippen molar-refractivity contribution in [1.82, 2.24) is 19.9 Å². The van der Waals surface area contributed by atoms with Gasteiger partial charge in [0, 0.05) is 34.6 Å². The molecule has 4 heterocycles. The molecule has 1 amide bonds. The van der Waals surface area contributed by atoms with Crippen molar-refractivity contribution >= 4 is 50.1 Å². The van der Waals surface area contributed by atoms with Gasteiger partial charge in [-0.05, 0) is 56.7 Å². The van der Waals surface area contributed by atoms with Gasteiger partial charge < -0.3 is 5.32 Å². The van der Waals surface area contributed by atoms with Crippen molar-refractivity contribution in [2.45, 2.75) is 52.0 Å². The summed E-state index contributed by atoms with van der Waals surface area (Å²) in [5, 5.41) is 6.89. The molecule has 1 aliphatic carbocycles. The van der Waals surface area contributed by atoms with E-state index in [4.69, 9.17) is 0 Å². The van der Waals surface area contributed by atoms with Crippen molar-refractivity contribution in [2.24, 2.45) is 0 Å². The second-order valence-electron chi connectivity index (χ2n) is 8.00. The normalized spacial score (nSPS) is 13.4. The summed E-state index contributed by atoms with van der Waals surface area (Å²) in [4.78, 5) is 38.9. The van der Waals surface area contributed by atoms with Crippen LogP contribution in [0.1, 0.15) is 39.6 Å². The van der Waals surface area contributed by atoms with Crippen LogP contribution in [0.15, 0.2) is 28.6 Å². The Morgan fingerprint density at radius 1 is 1.22 bits per heavy atom. The molecule has 0 unspecified atom stereocenters. The van der Waals surface area contributed by atoms with E-state index in [0.717, 1.165) is 51.5 Å². The number of thiazole rings is 1. The van der Waals surface area contributed by atoms with E-state index in [-0.39, 0.29) is 17.9 Å². The summed E-state index contributed by atoms with van der Waals surface area (Å²) in [6.45, 7) is 2.94. The van der Waals surface area contributed by atoms with E-state index in [0.29, 0.717) is 13.1 Å². The Kier molecular flexibility index (Phi) is 6.21. The zero-order valence-corrected chi connectivity index (χ0v) is 20.3. The summed E-state index contributed by atoms with van der Waals surface area (Å²) in [6, 6.07) is 4.19. The first kappa shape index (κ1) is 21.5. The molecule has 9 heteroatoms. The number of aromatic nitrogens is 3. The number of hydrogen-bond donors (Lipinski definition) is 1. The van der Waals surface area contributed by atoms with E-state index in [1.54, 1.807) is 44.9 Å². The molecule has 0 saturated heterocycles. The minimum Gasteiger partial charge on any atom is -0.356 e. The van der Waals surface area contributed by atoms with Crippen LogP contribution in [0.3, 0.4) is 0 Å². The van der Waals surface area contributed by atoms with Gasteiger partial charge in [-0.15, -0.1) is 34.0 Å². The number of fused-ring (bicyclic) bond motifs is 3. The van der Waals surface area contributed by atoms with Gasteiger partial charge in [-0.3, -0.25) is 14.2 Å². The summed E-state index contributed by atoms with van der Waals surface area (Å²) < 4.78 is 1.59. The minimum absolute atomic E-state index is 0.00871. The van der Waals surface area contributed by atoms with E-state index < -0.39 is 0 Å². The Hall–Kier alpha value is -2.36. The number of rotatable bonds is 7. The summed E-state index contributed by atoms with van der Waals surface area (Å²) >= 11 is 5.02. The zero-order valence-electron chi connectivity index (χ0n) is 17.8. The number of hydrogen-bond acceptors (Lipinski definition) is 7. The number of nitrogens with one attached hydrogen (secondary N) is 1. The van der Waals surface area contributed by atoms with Gasteiger partial charge in [0.15, 0.2) is 0 Å². The Morgan fingerprint density at radius 2 is 2.09 bits per heavy atom. The largest absolute Gasteiger partial charge is 0.356 e. The molecule has 4 aromatic rings. The van der Waals surface area contributed by atoms with Crippen LogP contribution < -0.4 is 10.9 Å². The number of aryl methyl sites for hydroxylation is 4. The summed E-state index contributed by atoms with van der Waals surface area (Å²) in [6.07, 6.45) is 6.97. The van der Waals surface area contributed by atoms with Gasteiger partial charge in [0.05, 0.1) is 27.3 Å². The maximum absolute atomic E-state index is 13.0. The zero-order chi connectivity index (χ0) is 22.1. The molecule has 5 rings (SSSR count). The number of carbonyl (C=O) groups is 1. The van der Waals surface area contributed by atoms with Crippen LogP contribution in [0.4, 0.5) is 0 Å². The molecule has 0 radical (unpaired) electrons. The monoisotopic (exact) mass is 484 g/mol. The van der Waals surface area contributed by atoms with Crippen molar-refractivity contribution in [3.05, 3.63) is 54.5 Å². The fourth-order valence-corrected chi connectivity index (χ4v) is 6.98. The van der Waals surface area contributed by atoms with Crippen molar-refractivity contribution in [3.63, 3.8) is 0 Å². The third-order valence-corrected chi connectivity index (χ3v) is 8.89. The molecule has 0 bridgehead atoms. The predicted molar refractivity (Wildman–Crippen MR) is 132 cm³/mol. The standard InChI is InChI=1S/C23H24N4O2S3/c1-14-26-17(12-30-14)19-7-6-15(31-19)8-10-24-20(28)9-11-27-13-25-22-21(23(27)29)16-4-2-3-5-18(16)32-22/h6-7,12-13H,2-5,8-11H2,1H3,(H,24,28). The van der Waals surface area contributed by atoms with Gasteiger partial charge in [-0.1, -0.05) is 0 Å². The number of thiophene rings is 2. The molecule has 0 aromatic carbocycles. The first-order chi connectivity index (χ1) is 15.6. The molecule has 0 aliphatic heterocycles. The number of carbonyl (C=O) groups excluding carboxylic acids is 1. The fraction of sp³-hybridized carbons (Fsp3) is 0.391. The lowest BCUT2D eigenvalue weighted by Gasteiger charge is -2.10. The average Bonchev–Trinajstić information content (AvgIpc) is 3.51. The molecule has 1 N–H and O–H groups in total. The third-order valence-electron chi connectivity index (χ3n) is 5.75. The lowest BCUT2D eigenvalue weighted by molar-refractivity contribution is -0.121. The van der Waals surface area contributed by atoms with Crippen LogP contribution in [0.25, 0.3) is 20.8 Å². The van der Waals surface area contributed by atoms with E-state index in [1.165, 1.54) is 21.7 Å². The van der Waals surface area contributed by atoms with Crippen LogP contribution in [0, 0.1) is 6.92 Å². The summed E-state index contributed by atoms with van der Waals surface area (Å²) in [7, 11) is 0. The van der Waals surface area contributed by atoms with Gasteiger partial charge >= 0.3 is 0 Å². The third kappa shape index (κ3) is 4.42. The molecule has 4 aromatic heterocycles. The number of nitrogens with zero attached hydrogens (tertiary/aromatic N) is 3. The molecule has 1 aliphatic rings. The molecule has 0 spiro atoms. The molecule has 0 fully saturated rings. The number of amides is 1. The highest BCUT2D eigenvalue weighted by Gasteiger charge is 2.20. The second kappa shape index (κ2) is 9.25. The Morgan fingerprint density at radius 3 is 2.94 bits per heavy atom. The van der Waals surface area contributed by atoms with Crippen LogP contribution in [-0.4, -0.2) is 27.0 Å². The van der Waals surface area contributed by atoms with Crippen molar-refractivity contribution in [3.8, 4) is 10.6 Å². The highest BCUT2D eigenvalue weighted by molar-refractivity contribution is 7.18. The van der Waals surface area contributed by atoms with Crippen molar-refractivity contribution < 1.29 is 4.79 Å². The first-order valence-electron chi connectivity index (χ1n) is 10.9. The summed E-state index contributed by atoms with van der Waals surface area (Å²) in [5.74, 6) is -0.0451. The molecule has 6 nitrogen and oxygen atoms in total. The first-order valence-corrected chi connectivity index (χ1v) is 13.4. The Balaban J connectivity index is 1.15. The van der Waals surface area contributed by atoms with Crippen molar-refractivity contribution in [1.29, 1.82) is 0 Å². The van der Waals surface area contributed by atoms with E-state index in [9.17, 15) is 9.59 Å². The topological polar surface area (TPSA) is 76.9 Å². The van der Waals surface area contributed by atoms with Gasteiger partial charge in [-0.25, -0.2) is 9.97 Å². The molecule has 0 saturated carbocycles. The SMILES string of the molecule is Cc1nc(-c2ccc(CCNC(=O)CCn3cnc4sc5c(c4c3=O)CCCC5)s2)cs1. The maximum Gasteiger partial charge on any atom is 0.262 e. The molecule has 32 heavy (non-hydrogen) atoms. The minimum atomic E-state index is -0.0451. The average molecular weight is 485 g/mol. The Bertz CT molecular complexity index is 1330. The second-order valence-corrected chi connectivity index (χ2v) is 11.3.